The standard InChI is InChI=1S/C13H25N3O2.ClH/c1-12-11-15(6-2-10-18-12)7-3-13(17)16-8-4-14-5-9-16;/h12,14H,2-11H2,1H3;1H. The molecule has 0 aromatic carbocycles. The van der Waals surface area contributed by atoms with Crippen LogP contribution in [-0.4, -0.2) is 74.2 Å². The Morgan fingerprint density at radius 1 is 1.32 bits per heavy atom. The number of nitrogens with zero attached hydrogens (tertiary/aromatic N) is 2. The Morgan fingerprint density at radius 3 is 2.79 bits per heavy atom. The predicted octanol–water partition coefficient (Wildman–Crippen LogP) is 0.341. The van der Waals surface area contributed by atoms with Gasteiger partial charge in [-0.3, -0.25) is 4.79 Å². The summed E-state index contributed by atoms with van der Waals surface area (Å²) in [6.45, 7) is 9.42. The van der Waals surface area contributed by atoms with Gasteiger partial charge >= 0.3 is 0 Å². The van der Waals surface area contributed by atoms with E-state index < -0.39 is 0 Å². The molecule has 1 unspecified atom stereocenters. The van der Waals surface area contributed by atoms with E-state index >= 15 is 0 Å². The van der Waals surface area contributed by atoms with Gasteiger partial charge in [0, 0.05) is 58.8 Å². The first kappa shape index (κ1) is 16.7. The molecule has 19 heavy (non-hydrogen) atoms. The zero-order chi connectivity index (χ0) is 12.8. The second-order valence-corrected chi connectivity index (χ2v) is 5.22. The van der Waals surface area contributed by atoms with E-state index in [1.165, 1.54) is 0 Å². The van der Waals surface area contributed by atoms with E-state index in [1.807, 2.05) is 4.90 Å². The maximum atomic E-state index is 12.0. The van der Waals surface area contributed by atoms with Crippen molar-refractivity contribution >= 4 is 18.3 Å². The number of carbonyl (C=O) groups excluding carboxylic acids is 1. The molecule has 0 saturated carbocycles. The summed E-state index contributed by atoms with van der Waals surface area (Å²) >= 11 is 0. The highest BCUT2D eigenvalue weighted by Gasteiger charge is 2.19. The van der Waals surface area contributed by atoms with Crippen LogP contribution in [0.5, 0.6) is 0 Å². The fraction of sp³-hybridized carbons (Fsp3) is 0.923. The van der Waals surface area contributed by atoms with E-state index in [9.17, 15) is 4.79 Å². The molecule has 0 radical (unpaired) electrons. The highest BCUT2D eigenvalue weighted by Crippen LogP contribution is 2.07. The summed E-state index contributed by atoms with van der Waals surface area (Å²) in [6.07, 6.45) is 2.01. The molecule has 1 amide bonds. The Labute approximate surface area is 122 Å². The minimum atomic E-state index is 0. The van der Waals surface area contributed by atoms with Crippen LogP contribution in [0.4, 0.5) is 0 Å². The smallest absolute Gasteiger partial charge is 0.223 e. The third kappa shape index (κ3) is 5.65. The van der Waals surface area contributed by atoms with Gasteiger partial charge in [0.2, 0.25) is 5.91 Å². The molecule has 2 fully saturated rings. The van der Waals surface area contributed by atoms with Gasteiger partial charge in [-0.05, 0) is 13.3 Å². The van der Waals surface area contributed by atoms with Crippen LogP contribution in [0.25, 0.3) is 0 Å². The molecule has 0 aromatic rings. The van der Waals surface area contributed by atoms with E-state index in [0.29, 0.717) is 18.4 Å². The van der Waals surface area contributed by atoms with E-state index in [4.69, 9.17) is 4.74 Å². The van der Waals surface area contributed by atoms with Gasteiger partial charge in [-0.15, -0.1) is 12.4 Å². The number of ether oxygens (including phenoxy) is 1. The van der Waals surface area contributed by atoms with Crippen molar-refractivity contribution in [1.29, 1.82) is 0 Å². The fourth-order valence-corrected chi connectivity index (χ4v) is 2.61. The topological polar surface area (TPSA) is 44.8 Å². The minimum absolute atomic E-state index is 0. The average Bonchev–Trinajstić information content (AvgIpc) is 2.61. The first-order chi connectivity index (χ1) is 8.75. The number of hydrogen-bond acceptors (Lipinski definition) is 4. The number of piperazine rings is 1. The average molecular weight is 292 g/mol. The molecular formula is C13H26ClN3O2. The number of amides is 1. The molecule has 2 rings (SSSR count). The normalized spacial score (nSPS) is 25.5. The molecule has 1 atom stereocenters. The van der Waals surface area contributed by atoms with Crippen molar-refractivity contribution < 1.29 is 9.53 Å². The molecule has 0 bridgehead atoms. The Balaban J connectivity index is 0.00000180. The number of rotatable bonds is 3. The van der Waals surface area contributed by atoms with E-state index in [0.717, 1.165) is 58.8 Å². The largest absolute Gasteiger partial charge is 0.377 e. The summed E-state index contributed by atoms with van der Waals surface area (Å²) < 4.78 is 5.61. The molecule has 112 valence electrons. The summed E-state index contributed by atoms with van der Waals surface area (Å²) in [7, 11) is 0. The summed E-state index contributed by atoms with van der Waals surface area (Å²) in [5, 5.41) is 3.27. The second kappa shape index (κ2) is 8.74. The van der Waals surface area contributed by atoms with Crippen molar-refractivity contribution in [1.82, 2.24) is 15.1 Å². The van der Waals surface area contributed by atoms with Crippen LogP contribution in [0.3, 0.4) is 0 Å². The van der Waals surface area contributed by atoms with Crippen molar-refractivity contribution in [3.8, 4) is 0 Å². The van der Waals surface area contributed by atoms with Crippen LogP contribution < -0.4 is 5.32 Å². The lowest BCUT2D eigenvalue weighted by atomic mass is 10.2. The summed E-state index contributed by atoms with van der Waals surface area (Å²) in [5.41, 5.74) is 0. The summed E-state index contributed by atoms with van der Waals surface area (Å²) in [4.78, 5) is 16.4. The molecule has 0 spiro atoms. The summed E-state index contributed by atoms with van der Waals surface area (Å²) in [6, 6.07) is 0. The van der Waals surface area contributed by atoms with Crippen molar-refractivity contribution in [2.24, 2.45) is 0 Å². The van der Waals surface area contributed by atoms with Crippen molar-refractivity contribution in [3.05, 3.63) is 0 Å². The molecular weight excluding hydrogens is 266 g/mol. The van der Waals surface area contributed by atoms with E-state index in [2.05, 4.69) is 17.1 Å². The number of halogens is 1. The van der Waals surface area contributed by atoms with Gasteiger partial charge in [-0.1, -0.05) is 0 Å². The Hall–Kier alpha value is -0.360. The molecule has 2 heterocycles. The first-order valence-electron chi connectivity index (χ1n) is 7.08. The van der Waals surface area contributed by atoms with Gasteiger partial charge in [-0.25, -0.2) is 0 Å². The van der Waals surface area contributed by atoms with Gasteiger partial charge in [0.15, 0.2) is 0 Å². The maximum absolute atomic E-state index is 12.0. The number of hydrogen-bond donors (Lipinski definition) is 1. The molecule has 0 aliphatic carbocycles. The monoisotopic (exact) mass is 291 g/mol. The van der Waals surface area contributed by atoms with Crippen LogP contribution >= 0.6 is 12.4 Å². The van der Waals surface area contributed by atoms with Gasteiger partial charge in [-0.2, -0.15) is 0 Å². The van der Waals surface area contributed by atoms with Gasteiger partial charge in [0.05, 0.1) is 6.10 Å². The Kier molecular flexibility index (Phi) is 7.68. The van der Waals surface area contributed by atoms with Crippen LogP contribution in [0, 0.1) is 0 Å². The highest BCUT2D eigenvalue weighted by atomic mass is 35.5. The van der Waals surface area contributed by atoms with Crippen LogP contribution in [0.15, 0.2) is 0 Å². The Morgan fingerprint density at radius 2 is 2.05 bits per heavy atom. The molecule has 0 aromatic heterocycles. The van der Waals surface area contributed by atoms with Crippen LogP contribution in [0.1, 0.15) is 19.8 Å². The third-order valence-electron chi connectivity index (χ3n) is 3.65. The quantitative estimate of drug-likeness (QED) is 0.815. The highest BCUT2D eigenvalue weighted by molar-refractivity contribution is 5.85. The maximum Gasteiger partial charge on any atom is 0.223 e. The van der Waals surface area contributed by atoms with Crippen molar-refractivity contribution in [2.75, 3.05) is 52.4 Å². The number of nitrogens with one attached hydrogen (secondary N) is 1. The molecule has 2 aliphatic rings. The lowest BCUT2D eigenvalue weighted by molar-refractivity contribution is -0.132. The zero-order valence-corrected chi connectivity index (χ0v) is 12.6. The van der Waals surface area contributed by atoms with E-state index in [1.54, 1.807) is 0 Å². The molecule has 1 N–H and O–H groups in total. The van der Waals surface area contributed by atoms with Gasteiger partial charge < -0.3 is 19.9 Å². The summed E-state index contributed by atoms with van der Waals surface area (Å²) in [5.74, 6) is 0.300. The van der Waals surface area contributed by atoms with Crippen molar-refractivity contribution in [3.63, 3.8) is 0 Å². The predicted molar refractivity (Wildman–Crippen MR) is 77.8 cm³/mol. The lowest BCUT2D eigenvalue weighted by Crippen LogP contribution is -2.47. The first-order valence-corrected chi connectivity index (χ1v) is 7.08. The molecule has 6 heteroatoms. The second-order valence-electron chi connectivity index (χ2n) is 5.22. The Bertz CT molecular complexity index is 273. The lowest BCUT2D eigenvalue weighted by Gasteiger charge is -2.29. The number of carbonyl (C=O) groups is 1. The SMILES string of the molecule is CC1CN(CCC(=O)N2CCNCC2)CCCO1.Cl. The van der Waals surface area contributed by atoms with Crippen LogP contribution in [-0.2, 0) is 9.53 Å². The zero-order valence-electron chi connectivity index (χ0n) is 11.8. The van der Waals surface area contributed by atoms with Gasteiger partial charge in [0.25, 0.3) is 0 Å². The van der Waals surface area contributed by atoms with Crippen LogP contribution in [0.2, 0.25) is 0 Å². The fourth-order valence-electron chi connectivity index (χ4n) is 2.61. The third-order valence-corrected chi connectivity index (χ3v) is 3.65. The van der Waals surface area contributed by atoms with E-state index in [-0.39, 0.29) is 12.4 Å². The van der Waals surface area contributed by atoms with Gasteiger partial charge in [0.1, 0.15) is 0 Å². The molecule has 2 saturated heterocycles. The minimum Gasteiger partial charge on any atom is -0.377 e. The molecule has 2 aliphatic heterocycles. The molecule has 5 nitrogen and oxygen atoms in total. The van der Waals surface area contributed by atoms with Crippen molar-refractivity contribution in [2.45, 2.75) is 25.9 Å².